The Morgan fingerprint density at radius 2 is 2.08 bits per heavy atom. The number of imide groups is 1. The molecule has 1 fully saturated rings. The van der Waals surface area contributed by atoms with Crippen molar-refractivity contribution in [3.63, 3.8) is 0 Å². The average molecular weight is 393 g/mol. The van der Waals surface area contributed by atoms with E-state index in [9.17, 15) is 14.4 Å². The number of cyclic esters (lactones) is 1. The summed E-state index contributed by atoms with van der Waals surface area (Å²) in [7, 11) is 0. The minimum Gasteiger partial charge on any atom is -0.452 e. The largest absolute Gasteiger partial charge is 0.452 e. The first-order valence-corrected chi connectivity index (χ1v) is 8.77. The second-order valence-electron chi connectivity index (χ2n) is 5.12. The van der Waals surface area contributed by atoms with Gasteiger partial charge in [-0.2, -0.15) is 0 Å². The van der Waals surface area contributed by atoms with Crippen LogP contribution in [-0.2, 0) is 14.3 Å². The third-order valence-corrected chi connectivity index (χ3v) is 4.96. The lowest BCUT2D eigenvalue weighted by atomic mass is 10.3. The maximum absolute atomic E-state index is 12.3. The summed E-state index contributed by atoms with van der Waals surface area (Å²) in [5.74, 6) is -1.35. The van der Waals surface area contributed by atoms with Gasteiger partial charge in [0.25, 0.3) is 5.91 Å². The standard InChI is InChI=1S/C17H13ClN2O5S/c18-12-5-1-2-6-13(12)26-15-11(4-3-7-19-15)16(22)25-10-14(21)20-8-9-24-17(20)23/h1-7H,8-10H2. The number of carbonyl (C=O) groups excluding carboxylic acids is 3. The number of halogens is 1. The quantitative estimate of drug-likeness (QED) is 0.723. The predicted octanol–water partition coefficient (Wildman–Crippen LogP) is 3.02. The zero-order valence-electron chi connectivity index (χ0n) is 13.4. The molecule has 0 unspecified atom stereocenters. The first-order valence-electron chi connectivity index (χ1n) is 7.58. The highest BCUT2D eigenvalue weighted by Crippen LogP contribution is 2.33. The number of ether oxygens (including phenoxy) is 2. The van der Waals surface area contributed by atoms with E-state index in [1.54, 1.807) is 36.5 Å². The summed E-state index contributed by atoms with van der Waals surface area (Å²) < 4.78 is 9.71. The van der Waals surface area contributed by atoms with Crippen molar-refractivity contribution in [2.45, 2.75) is 9.92 Å². The Hall–Kier alpha value is -2.58. The van der Waals surface area contributed by atoms with E-state index in [0.29, 0.717) is 10.0 Å². The number of hydrogen-bond donors (Lipinski definition) is 0. The highest BCUT2D eigenvalue weighted by atomic mass is 35.5. The molecule has 0 bridgehead atoms. The van der Waals surface area contributed by atoms with Crippen molar-refractivity contribution in [3.05, 3.63) is 53.2 Å². The third kappa shape index (κ3) is 4.14. The first-order chi connectivity index (χ1) is 12.6. The van der Waals surface area contributed by atoms with Gasteiger partial charge in [-0.1, -0.05) is 35.5 Å². The molecule has 1 aromatic heterocycles. The second kappa shape index (κ2) is 8.20. The van der Waals surface area contributed by atoms with Crippen LogP contribution in [0.4, 0.5) is 4.79 Å². The third-order valence-electron chi connectivity index (χ3n) is 3.42. The molecule has 134 valence electrons. The number of esters is 1. The molecule has 0 N–H and O–H groups in total. The van der Waals surface area contributed by atoms with Crippen molar-refractivity contribution in [1.29, 1.82) is 0 Å². The Labute approximate surface area is 158 Å². The number of carbonyl (C=O) groups is 3. The number of hydrogen-bond acceptors (Lipinski definition) is 7. The molecule has 1 aliphatic heterocycles. The van der Waals surface area contributed by atoms with Crippen LogP contribution in [0.2, 0.25) is 5.02 Å². The topological polar surface area (TPSA) is 85.8 Å². The molecule has 2 heterocycles. The molecule has 0 aliphatic carbocycles. The van der Waals surface area contributed by atoms with E-state index < -0.39 is 24.6 Å². The van der Waals surface area contributed by atoms with Crippen LogP contribution < -0.4 is 0 Å². The molecule has 1 aromatic carbocycles. The van der Waals surface area contributed by atoms with Gasteiger partial charge in [0.1, 0.15) is 11.6 Å². The van der Waals surface area contributed by atoms with E-state index >= 15 is 0 Å². The summed E-state index contributed by atoms with van der Waals surface area (Å²) in [4.78, 5) is 41.4. The summed E-state index contributed by atoms with van der Waals surface area (Å²) >= 11 is 7.35. The zero-order chi connectivity index (χ0) is 18.5. The summed E-state index contributed by atoms with van der Waals surface area (Å²) in [5.41, 5.74) is 0.203. The molecule has 7 nitrogen and oxygen atoms in total. The number of aromatic nitrogens is 1. The normalized spacial score (nSPS) is 13.4. The lowest BCUT2D eigenvalue weighted by Gasteiger charge is -2.12. The molecular weight excluding hydrogens is 380 g/mol. The molecular formula is C17H13ClN2O5S. The van der Waals surface area contributed by atoms with Crippen molar-refractivity contribution >= 4 is 41.3 Å². The minimum absolute atomic E-state index is 0.139. The monoisotopic (exact) mass is 392 g/mol. The first kappa shape index (κ1) is 18.2. The fourth-order valence-corrected chi connectivity index (χ4v) is 3.31. The van der Waals surface area contributed by atoms with E-state index in [4.69, 9.17) is 16.3 Å². The molecule has 9 heteroatoms. The van der Waals surface area contributed by atoms with Crippen molar-refractivity contribution in [1.82, 2.24) is 9.88 Å². The smallest absolute Gasteiger partial charge is 0.416 e. The minimum atomic E-state index is -0.734. The number of benzene rings is 1. The van der Waals surface area contributed by atoms with E-state index in [1.165, 1.54) is 11.8 Å². The van der Waals surface area contributed by atoms with Gasteiger partial charge in [0.2, 0.25) is 0 Å². The van der Waals surface area contributed by atoms with Gasteiger partial charge in [0.05, 0.1) is 17.1 Å². The molecule has 1 saturated heterocycles. The molecule has 0 radical (unpaired) electrons. The van der Waals surface area contributed by atoms with E-state index in [0.717, 1.165) is 9.80 Å². The fraction of sp³-hybridized carbons (Fsp3) is 0.176. The predicted molar refractivity (Wildman–Crippen MR) is 93.2 cm³/mol. The van der Waals surface area contributed by atoms with Crippen molar-refractivity contribution in [3.8, 4) is 0 Å². The SMILES string of the molecule is O=C(OCC(=O)N1CCOC1=O)c1cccnc1Sc1ccccc1Cl. The van der Waals surface area contributed by atoms with Crippen molar-refractivity contribution < 1.29 is 23.9 Å². The Morgan fingerprint density at radius 3 is 2.81 bits per heavy atom. The summed E-state index contributed by atoms with van der Waals surface area (Å²) in [6, 6.07) is 10.3. The molecule has 2 amide bonds. The number of nitrogens with zero attached hydrogens (tertiary/aromatic N) is 2. The lowest BCUT2D eigenvalue weighted by Crippen LogP contribution is -2.35. The molecule has 1 aliphatic rings. The Morgan fingerprint density at radius 1 is 1.27 bits per heavy atom. The summed E-state index contributed by atoms with van der Waals surface area (Å²) in [6.07, 6.45) is 0.809. The van der Waals surface area contributed by atoms with E-state index in [2.05, 4.69) is 9.72 Å². The van der Waals surface area contributed by atoms with Crippen LogP contribution in [0.25, 0.3) is 0 Å². The highest BCUT2D eigenvalue weighted by molar-refractivity contribution is 7.99. The Kier molecular flexibility index (Phi) is 5.75. The highest BCUT2D eigenvalue weighted by Gasteiger charge is 2.29. The van der Waals surface area contributed by atoms with Crippen molar-refractivity contribution in [2.24, 2.45) is 0 Å². The molecule has 0 saturated carbocycles. The van der Waals surface area contributed by atoms with Crippen LogP contribution >= 0.6 is 23.4 Å². The van der Waals surface area contributed by atoms with Crippen LogP contribution in [0.1, 0.15) is 10.4 Å². The number of rotatable bonds is 5. The summed E-state index contributed by atoms with van der Waals surface area (Å²) in [6.45, 7) is -0.269. The van der Waals surface area contributed by atoms with Crippen LogP contribution in [0.3, 0.4) is 0 Å². The van der Waals surface area contributed by atoms with Crippen LogP contribution in [0, 0.1) is 0 Å². The molecule has 0 atom stereocenters. The zero-order valence-corrected chi connectivity index (χ0v) is 15.0. The second-order valence-corrected chi connectivity index (χ2v) is 6.56. The van der Waals surface area contributed by atoms with Gasteiger partial charge in [-0.05, 0) is 24.3 Å². The van der Waals surface area contributed by atoms with Gasteiger partial charge in [0.15, 0.2) is 6.61 Å². The van der Waals surface area contributed by atoms with Gasteiger partial charge in [-0.25, -0.2) is 19.5 Å². The molecule has 0 spiro atoms. The number of pyridine rings is 1. The maximum Gasteiger partial charge on any atom is 0.416 e. The van der Waals surface area contributed by atoms with Gasteiger partial charge in [-0.3, -0.25) is 4.79 Å². The van der Waals surface area contributed by atoms with Crippen molar-refractivity contribution in [2.75, 3.05) is 19.8 Å². The average Bonchev–Trinajstić information content (AvgIpc) is 3.08. The molecule has 26 heavy (non-hydrogen) atoms. The Balaban J connectivity index is 1.69. The Bertz CT molecular complexity index is 861. The lowest BCUT2D eigenvalue weighted by molar-refractivity contribution is -0.131. The van der Waals surface area contributed by atoms with Gasteiger partial charge in [0, 0.05) is 11.1 Å². The fourth-order valence-electron chi connectivity index (χ4n) is 2.16. The van der Waals surface area contributed by atoms with E-state index in [1.807, 2.05) is 6.07 Å². The van der Waals surface area contributed by atoms with E-state index in [-0.39, 0.29) is 18.7 Å². The van der Waals surface area contributed by atoms with Gasteiger partial charge >= 0.3 is 12.1 Å². The van der Waals surface area contributed by atoms with Crippen LogP contribution in [0.5, 0.6) is 0 Å². The summed E-state index contributed by atoms with van der Waals surface area (Å²) in [5, 5.41) is 0.934. The number of amides is 2. The molecule has 2 aromatic rings. The van der Waals surface area contributed by atoms with Crippen LogP contribution in [-0.4, -0.2) is 47.6 Å². The maximum atomic E-state index is 12.3. The van der Waals surface area contributed by atoms with Gasteiger partial charge in [-0.15, -0.1) is 0 Å². The molecule has 3 rings (SSSR count). The van der Waals surface area contributed by atoms with Gasteiger partial charge < -0.3 is 9.47 Å². The van der Waals surface area contributed by atoms with Crippen LogP contribution in [0.15, 0.2) is 52.5 Å².